The molecule has 1 atom stereocenters. The highest BCUT2D eigenvalue weighted by Crippen LogP contribution is 2.25. The molecule has 1 saturated heterocycles. The Hall–Kier alpha value is -0.880. The molecule has 1 aromatic heterocycles. The van der Waals surface area contributed by atoms with Gasteiger partial charge >= 0.3 is 5.69 Å². The van der Waals surface area contributed by atoms with Gasteiger partial charge in [0.25, 0.3) is 0 Å². The van der Waals surface area contributed by atoms with Crippen molar-refractivity contribution in [2.75, 3.05) is 13.7 Å². The zero-order chi connectivity index (χ0) is 10.8. The van der Waals surface area contributed by atoms with Crippen molar-refractivity contribution in [3.05, 3.63) is 21.2 Å². The van der Waals surface area contributed by atoms with Gasteiger partial charge in [-0.2, -0.15) is 4.98 Å². The fraction of sp³-hybridized carbons (Fsp3) is 0.556. The lowest BCUT2D eigenvalue weighted by atomic mass is 10.3. The molecule has 0 aliphatic carbocycles. The van der Waals surface area contributed by atoms with Gasteiger partial charge in [0.2, 0.25) is 5.88 Å². The maximum atomic E-state index is 11.6. The largest absolute Gasteiger partial charge is 0.480 e. The number of hydrogen-bond acceptors (Lipinski definition) is 4. The maximum absolute atomic E-state index is 11.6. The number of methoxy groups -OCH3 is 1. The summed E-state index contributed by atoms with van der Waals surface area (Å²) in [6.45, 7) is 0.695. The second-order valence-electron chi connectivity index (χ2n) is 3.26. The monoisotopic (exact) mass is 274 g/mol. The van der Waals surface area contributed by atoms with Crippen LogP contribution < -0.4 is 10.4 Å². The smallest absolute Gasteiger partial charge is 0.353 e. The van der Waals surface area contributed by atoms with E-state index in [1.165, 1.54) is 11.7 Å². The van der Waals surface area contributed by atoms with Gasteiger partial charge in [0.1, 0.15) is 6.23 Å². The van der Waals surface area contributed by atoms with Crippen LogP contribution in [0.3, 0.4) is 0 Å². The van der Waals surface area contributed by atoms with Crippen LogP contribution in [0.4, 0.5) is 0 Å². The van der Waals surface area contributed by atoms with Crippen LogP contribution in [0.25, 0.3) is 0 Å². The van der Waals surface area contributed by atoms with Gasteiger partial charge in [-0.25, -0.2) is 4.79 Å². The van der Waals surface area contributed by atoms with Crippen LogP contribution in [-0.2, 0) is 4.74 Å². The lowest BCUT2D eigenvalue weighted by Gasteiger charge is -2.13. The molecule has 15 heavy (non-hydrogen) atoms. The van der Waals surface area contributed by atoms with Gasteiger partial charge in [-0.15, -0.1) is 0 Å². The predicted octanol–water partition coefficient (Wildman–Crippen LogP) is 1.32. The first-order valence-electron chi connectivity index (χ1n) is 4.66. The summed E-state index contributed by atoms with van der Waals surface area (Å²) in [5.74, 6) is 0.300. The minimum Gasteiger partial charge on any atom is -0.480 e. The highest BCUT2D eigenvalue weighted by Gasteiger charge is 2.20. The van der Waals surface area contributed by atoms with E-state index in [-0.39, 0.29) is 11.9 Å². The van der Waals surface area contributed by atoms with Gasteiger partial charge in [0, 0.05) is 12.8 Å². The summed E-state index contributed by atoms with van der Waals surface area (Å²) in [4.78, 5) is 15.4. The Kier molecular flexibility index (Phi) is 3.06. The minimum atomic E-state index is -0.345. The maximum Gasteiger partial charge on any atom is 0.353 e. The molecule has 82 valence electrons. The van der Waals surface area contributed by atoms with E-state index in [2.05, 4.69) is 20.9 Å². The van der Waals surface area contributed by atoms with Crippen LogP contribution in [0, 0.1) is 0 Å². The Morgan fingerprint density at radius 1 is 1.73 bits per heavy atom. The fourth-order valence-electron chi connectivity index (χ4n) is 1.56. The van der Waals surface area contributed by atoms with E-state index in [4.69, 9.17) is 9.47 Å². The first-order valence-corrected chi connectivity index (χ1v) is 5.46. The molecule has 0 saturated carbocycles. The first kappa shape index (κ1) is 10.6. The van der Waals surface area contributed by atoms with Crippen molar-refractivity contribution < 1.29 is 9.47 Å². The van der Waals surface area contributed by atoms with Crippen molar-refractivity contribution in [1.82, 2.24) is 9.55 Å². The summed E-state index contributed by atoms with van der Waals surface area (Å²) in [5, 5.41) is 0. The minimum absolute atomic E-state index is 0.188. The molecular weight excluding hydrogens is 264 g/mol. The molecular formula is C9H11BrN2O3. The molecule has 0 amide bonds. The van der Waals surface area contributed by atoms with E-state index < -0.39 is 0 Å². The molecule has 2 rings (SSSR count). The molecule has 0 unspecified atom stereocenters. The van der Waals surface area contributed by atoms with Crippen molar-refractivity contribution in [2.24, 2.45) is 0 Å². The lowest BCUT2D eigenvalue weighted by molar-refractivity contribution is 0.0522. The Morgan fingerprint density at radius 3 is 3.13 bits per heavy atom. The fourth-order valence-corrected chi connectivity index (χ4v) is 2.03. The van der Waals surface area contributed by atoms with Crippen LogP contribution in [0.2, 0.25) is 0 Å². The van der Waals surface area contributed by atoms with Gasteiger partial charge in [-0.3, -0.25) is 4.57 Å². The third-order valence-electron chi connectivity index (χ3n) is 2.28. The van der Waals surface area contributed by atoms with Crippen LogP contribution in [0.1, 0.15) is 19.1 Å². The van der Waals surface area contributed by atoms with Gasteiger partial charge in [0.15, 0.2) is 0 Å². The van der Waals surface area contributed by atoms with Crippen LogP contribution >= 0.6 is 15.9 Å². The summed E-state index contributed by atoms with van der Waals surface area (Å²) in [7, 11) is 1.48. The number of ether oxygens (including phenoxy) is 2. The van der Waals surface area contributed by atoms with Crippen molar-refractivity contribution in [3.8, 4) is 5.88 Å². The zero-order valence-electron chi connectivity index (χ0n) is 8.27. The molecule has 6 heteroatoms. The molecule has 0 aromatic carbocycles. The van der Waals surface area contributed by atoms with Crippen LogP contribution in [0.15, 0.2) is 15.5 Å². The Labute approximate surface area is 95.2 Å². The molecule has 1 aliphatic heterocycles. The van der Waals surface area contributed by atoms with E-state index in [0.29, 0.717) is 17.0 Å². The highest BCUT2D eigenvalue weighted by atomic mass is 79.9. The lowest BCUT2D eigenvalue weighted by Crippen LogP contribution is -2.26. The van der Waals surface area contributed by atoms with Gasteiger partial charge in [-0.05, 0) is 28.8 Å². The molecule has 2 heterocycles. The molecule has 1 aliphatic rings. The van der Waals surface area contributed by atoms with E-state index >= 15 is 0 Å². The topological polar surface area (TPSA) is 53.3 Å². The van der Waals surface area contributed by atoms with Crippen molar-refractivity contribution >= 4 is 15.9 Å². The van der Waals surface area contributed by atoms with E-state index in [1.807, 2.05) is 0 Å². The second-order valence-corrected chi connectivity index (χ2v) is 4.11. The average Bonchev–Trinajstić information content (AvgIpc) is 2.74. The third-order valence-corrected chi connectivity index (χ3v) is 2.83. The van der Waals surface area contributed by atoms with Gasteiger partial charge < -0.3 is 9.47 Å². The number of nitrogens with zero attached hydrogens (tertiary/aromatic N) is 2. The summed E-state index contributed by atoms with van der Waals surface area (Å²) in [6, 6.07) is 0. The molecule has 1 fully saturated rings. The van der Waals surface area contributed by atoms with Crippen molar-refractivity contribution in [2.45, 2.75) is 19.1 Å². The standard InChI is InChI=1S/C9H11BrN2O3/c1-14-8-6(10)5-12(9(13)11-8)7-3-2-4-15-7/h5,7H,2-4H2,1H3/t7-/m1/s1. The van der Waals surface area contributed by atoms with E-state index in [9.17, 15) is 4.79 Å². The van der Waals surface area contributed by atoms with E-state index in [0.717, 1.165) is 12.8 Å². The quantitative estimate of drug-likeness (QED) is 0.817. The second kappa shape index (κ2) is 4.32. The number of hydrogen-bond donors (Lipinski definition) is 0. The number of rotatable bonds is 2. The molecule has 0 spiro atoms. The molecule has 0 radical (unpaired) electrons. The Bertz CT molecular complexity index is 412. The summed E-state index contributed by atoms with van der Waals surface area (Å²) in [6.07, 6.45) is 3.29. The molecule has 0 bridgehead atoms. The predicted molar refractivity (Wildman–Crippen MR) is 57.0 cm³/mol. The van der Waals surface area contributed by atoms with Gasteiger partial charge in [-0.1, -0.05) is 0 Å². The van der Waals surface area contributed by atoms with Crippen LogP contribution in [0.5, 0.6) is 5.88 Å². The van der Waals surface area contributed by atoms with Crippen molar-refractivity contribution in [1.29, 1.82) is 0 Å². The Balaban J connectivity index is 2.40. The molecule has 0 N–H and O–H groups in total. The summed E-state index contributed by atoms with van der Waals surface area (Å²) >= 11 is 3.29. The van der Waals surface area contributed by atoms with Crippen LogP contribution in [-0.4, -0.2) is 23.3 Å². The highest BCUT2D eigenvalue weighted by molar-refractivity contribution is 9.10. The zero-order valence-corrected chi connectivity index (χ0v) is 9.86. The number of halogens is 1. The summed E-state index contributed by atoms with van der Waals surface area (Å²) in [5.41, 5.74) is -0.345. The SMILES string of the molecule is COc1nc(=O)n([C@H]2CCCO2)cc1Br. The Morgan fingerprint density at radius 2 is 2.53 bits per heavy atom. The third kappa shape index (κ3) is 2.05. The number of aromatic nitrogens is 2. The van der Waals surface area contributed by atoms with Crippen molar-refractivity contribution in [3.63, 3.8) is 0 Å². The average molecular weight is 275 g/mol. The van der Waals surface area contributed by atoms with Gasteiger partial charge in [0.05, 0.1) is 11.6 Å². The first-order chi connectivity index (χ1) is 7.22. The van der Waals surface area contributed by atoms with E-state index in [1.54, 1.807) is 6.20 Å². The molecule has 1 aromatic rings. The molecule has 5 nitrogen and oxygen atoms in total. The summed E-state index contributed by atoms with van der Waals surface area (Å²) < 4.78 is 12.5. The normalized spacial score (nSPS) is 20.5.